The third-order valence-corrected chi connectivity index (χ3v) is 3.22. The third-order valence-electron chi connectivity index (χ3n) is 3.22. The molecule has 0 radical (unpaired) electrons. The molecule has 4 nitrogen and oxygen atoms in total. The van der Waals surface area contributed by atoms with E-state index in [4.69, 9.17) is 4.74 Å². The summed E-state index contributed by atoms with van der Waals surface area (Å²) in [6.07, 6.45) is 4.57. The van der Waals surface area contributed by atoms with Crippen molar-refractivity contribution < 1.29 is 9.53 Å². The van der Waals surface area contributed by atoms with E-state index in [1.54, 1.807) is 18.5 Å². The molecule has 3 rings (SSSR count). The van der Waals surface area contributed by atoms with Gasteiger partial charge in [0.25, 0.3) is 0 Å². The van der Waals surface area contributed by atoms with Gasteiger partial charge in [-0.15, -0.1) is 0 Å². The van der Waals surface area contributed by atoms with Crippen molar-refractivity contribution >= 4 is 17.1 Å². The van der Waals surface area contributed by atoms with Gasteiger partial charge in [0.1, 0.15) is 18.6 Å². The molecule has 21 heavy (non-hydrogen) atoms. The minimum absolute atomic E-state index is 0.325. The Bertz CT molecular complexity index is 749. The van der Waals surface area contributed by atoms with Gasteiger partial charge in [-0.1, -0.05) is 24.3 Å². The second kappa shape index (κ2) is 6.13. The number of hydrogen-bond donors (Lipinski definition) is 0. The van der Waals surface area contributed by atoms with Gasteiger partial charge in [-0.05, 0) is 23.6 Å². The van der Waals surface area contributed by atoms with Crippen molar-refractivity contribution in [2.24, 2.45) is 0 Å². The van der Waals surface area contributed by atoms with Crippen LogP contribution in [0, 0.1) is 0 Å². The number of benzene rings is 1. The van der Waals surface area contributed by atoms with Crippen molar-refractivity contribution in [3.8, 4) is 5.75 Å². The first-order valence-electron chi connectivity index (χ1n) is 6.71. The predicted molar refractivity (Wildman–Crippen MR) is 80.1 cm³/mol. The highest BCUT2D eigenvalue weighted by atomic mass is 16.5. The van der Waals surface area contributed by atoms with Gasteiger partial charge in [0, 0.05) is 23.7 Å². The first-order chi connectivity index (χ1) is 10.4. The Morgan fingerprint density at radius 2 is 1.95 bits per heavy atom. The van der Waals surface area contributed by atoms with Crippen molar-refractivity contribution in [2.45, 2.75) is 13.0 Å². The fourth-order valence-electron chi connectivity index (χ4n) is 2.15. The SMILES string of the molecule is O=CCc1ccc(OCc2nccc3ccccc23)cn1. The molecule has 0 aliphatic carbocycles. The van der Waals surface area contributed by atoms with Gasteiger partial charge in [0.05, 0.1) is 11.9 Å². The van der Waals surface area contributed by atoms with Crippen LogP contribution in [-0.2, 0) is 17.8 Å². The molecular weight excluding hydrogens is 264 g/mol. The Labute approximate surface area is 122 Å². The van der Waals surface area contributed by atoms with Gasteiger partial charge in [0.15, 0.2) is 0 Å². The summed E-state index contributed by atoms with van der Waals surface area (Å²) in [7, 11) is 0. The number of rotatable bonds is 5. The molecule has 0 amide bonds. The fourth-order valence-corrected chi connectivity index (χ4v) is 2.15. The van der Waals surface area contributed by atoms with E-state index in [0.717, 1.165) is 28.4 Å². The number of pyridine rings is 2. The first-order valence-corrected chi connectivity index (χ1v) is 6.71. The highest BCUT2D eigenvalue weighted by Gasteiger charge is 2.03. The van der Waals surface area contributed by atoms with Crippen molar-refractivity contribution in [1.29, 1.82) is 0 Å². The van der Waals surface area contributed by atoms with E-state index in [2.05, 4.69) is 16.0 Å². The maximum absolute atomic E-state index is 10.4. The van der Waals surface area contributed by atoms with Crippen LogP contribution in [0.25, 0.3) is 10.8 Å². The molecule has 0 aliphatic rings. The molecule has 0 fully saturated rings. The van der Waals surface area contributed by atoms with Crippen molar-refractivity contribution in [1.82, 2.24) is 9.97 Å². The third kappa shape index (κ3) is 3.05. The molecule has 0 spiro atoms. The van der Waals surface area contributed by atoms with E-state index in [1.165, 1.54) is 0 Å². The number of hydrogen-bond acceptors (Lipinski definition) is 4. The van der Waals surface area contributed by atoms with Crippen LogP contribution in [0.15, 0.2) is 54.9 Å². The molecule has 104 valence electrons. The number of ether oxygens (including phenoxy) is 1. The van der Waals surface area contributed by atoms with E-state index in [0.29, 0.717) is 18.8 Å². The molecule has 2 heterocycles. The molecule has 2 aromatic heterocycles. The second-order valence-corrected chi connectivity index (χ2v) is 4.62. The van der Waals surface area contributed by atoms with Crippen molar-refractivity contribution in [3.05, 3.63) is 66.2 Å². The Morgan fingerprint density at radius 1 is 1.05 bits per heavy atom. The Hall–Kier alpha value is -2.75. The van der Waals surface area contributed by atoms with Crippen LogP contribution in [0.4, 0.5) is 0 Å². The summed E-state index contributed by atoms with van der Waals surface area (Å²) in [4.78, 5) is 19.0. The average molecular weight is 278 g/mol. The van der Waals surface area contributed by atoms with Crippen molar-refractivity contribution in [3.63, 3.8) is 0 Å². The lowest BCUT2D eigenvalue weighted by Crippen LogP contribution is -2.00. The van der Waals surface area contributed by atoms with Gasteiger partial charge in [0.2, 0.25) is 0 Å². The van der Waals surface area contributed by atoms with E-state index in [1.807, 2.05) is 30.3 Å². The van der Waals surface area contributed by atoms with Crippen LogP contribution < -0.4 is 4.74 Å². The molecule has 0 bridgehead atoms. The maximum atomic E-state index is 10.4. The molecule has 0 unspecified atom stereocenters. The van der Waals surface area contributed by atoms with Crippen LogP contribution in [0.1, 0.15) is 11.4 Å². The molecule has 0 saturated heterocycles. The van der Waals surface area contributed by atoms with E-state index in [-0.39, 0.29) is 0 Å². The molecule has 0 atom stereocenters. The minimum atomic E-state index is 0.325. The first kappa shape index (κ1) is 13.2. The number of aromatic nitrogens is 2. The molecule has 0 saturated carbocycles. The van der Waals surface area contributed by atoms with Crippen LogP contribution in [-0.4, -0.2) is 16.3 Å². The molecule has 0 N–H and O–H groups in total. The normalized spacial score (nSPS) is 10.5. The quantitative estimate of drug-likeness (QED) is 0.673. The van der Waals surface area contributed by atoms with Gasteiger partial charge in [-0.2, -0.15) is 0 Å². The summed E-state index contributed by atoms with van der Waals surface area (Å²) in [5.41, 5.74) is 1.63. The molecule has 3 aromatic rings. The summed E-state index contributed by atoms with van der Waals surface area (Å²) in [6.45, 7) is 0.385. The number of aldehydes is 1. The zero-order valence-corrected chi connectivity index (χ0v) is 11.4. The zero-order valence-electron chi connectivity index (χ0n) is 11.4. The van der Waals surface area contributed by atoms with Gasteiger partial charge in [-0.25, -0.2) is 0 Å². The Morgan fingerprint density at radius 3 is 2.76 bits per heavy atom. The number of carbonyl (C=O) groups excluding carboxylic acids is 1. The molecule has 4 heteroatoms. The number of carbonyl (C=O) groups is 1. The van der Waals surface area contributed by atoms with E-state index < -0.39 is 0 Å². The smallest absolute Gasteiger partial charge is 0.138 e. The zero-order chi connectivity index (χ0) is 14.5. The number of nitrogens with zero attached hydrogens (tertiary/aromatic N) is 2. The highest BCUT2D eigenvalue weighted by molar-refractivity contribution is 5.84. The van der Waals surface area contributed by atoms with Crippen LogP contribution in [0.2, 0.25) is 0 Å². The second-order valence-electron chi connectivity index (χ2n) is 4.62. The van der Waals surface area contributed by atoms with Gasteiger partial charge >= 0.3 is 0 Å². The monoisotopic (exact) mass is 278 g/mol. The van der Waals surface area contributed by atoms with Crippen LogP contribution in [0.5, 0.6) is 5.75 Å². The van der Waals surface area contributed by atoms with E-state index >= 15 is 0 Å². The predicted octanol–water partition coefficient (Wildman–Crippen LogP) is 2.95. The standard InChI is InChI=1S/C17H14N2O2/c20-10-8-14-5-6-15(11-19-14)21-12-17-16-4-2-1-3-13(16)7-9-18-17/h1-7,9-11H,8,12H2. The topological polar surface area (TPSA) is 52.1 Å². The molecular formula is C17H14N2O2. The lowest BCUT2D eigenvalue weighted by Gasteiger charge is -2.08. The highest BCUT2D eigenvalue weighted by Crippen LogP contribution is 2.18. The van der Waals surface area contributed by atoms with Crippen LogP contribution >= 0.6 is 0 Å². The summed E-state index contributed by atoms with van der Waals surface area (Å²) in [5, 5.41) is 2.23. The minimum Gasteiger partial charge on any atom is -0.486 e. The van der Waals surface area contributed by atoms with Gasteiger partial charge in [-0.3, -0.25) is 9.97 Å². The summed E-state index contributed by atoms with van der Waals surface area (Å²) < 4.78 is 5.72. The number of fused-ring (bicyclic) bond motifs is 1. The van der Waals surface area contributed by atoms with Crippen LogP contribution in [0.3, 0.4) is 0 Å². The van der Waals surface area contributed by atoms with Crippen molar-refractivity contribution in [2.75, 3.05) is 0 Å². The average Bonchev–Trinajstić information content (AvgIpc) is 2.54. The Kier molecular flexibility index (Phi) is 3.87. The lowest BCUT2D eigenvalue weighted by atomic mass is 10.1. The lowest BCUT2D eigenvalue weighted by molar-refractivity contribution is -0.107. The maximum Gasteiger partial charge on any atom is 0.138 e. The summed E-state index contributed by atoms with van der Waals surface area (Å²) >= 11 is 0. The summed E-state index contributed by atoms with van der Waals surface area (Å²) in [5.74, 6) is 0.666. The fraction of sp³-hybridized carbons (Fsp3) is 0.118. The largest absolute Gasteiger partial charge is 0.486 e. The molecule has 1 aromatic carbocycles. The van der Waals surface area contributed by atoms with E-state index in [9.17, 15) is 4.79 Å². The van der Waals surface area contributed by atoms with Gasteiger partial charge < -0.3 is 9.53 Å². The Balaban J connectivity index is 1.75. The molecule has 0 aliphatic heterocycles. The summed E-state index contributed by atoms with van der Waals surface area (Å²) in [6, 6.07) is 13.7.